The van der Waals surface area contributed by atoms with Crippen LogP contribution in [-0.2, 0) is 10.8 Å². The SMILES string of the molecule is COc1ccccc1S(=O)C1CCCC1N. The standard InChI is InChI=1S/C12H17NO2S/c1-15-10-6-2-3-7-12(10)16(14)11-8-4-5-9(11)13/h2-3,6-7,9,11H,4-5,8,13H2,1H3. The highest BCUT2D eigenvalue weighted by Crippen LogP contribution is 2.30. The van der Waals surface area contributed by atoms with Crippen LogP contribution in [0.25, 0.3) is 0 Å². The Morgan fingerprint density at radius 2 is 2.12 bits per heavy atom. The number of rotatable bonds is 3. The zero-order chi connectivity index (χ0) is 11.5. The zero-order valence-corrected chi connectivity index (χ0v) is 10.2. The lowest BCUT2D eigenvalue weighted by Gasteiger charge is -2.16. The number of para-hydroxylation sites is 1. The fraction of sp³-hybridized carbons (Fsp3) is 0.500. The summed E-state index contributed by atoms with van der Waals surface area (Å²) in [6.45, 7) is 0. The molecule has 0 aliphatic heterocycles. The van der Waals surface area contributed by atoms with Crippen molar-refractivity contribution in [2.45, 2.75) is 35.4 Å². The molecule has 0 radical (unpaired) electrons. The summed E-state index contributed by atoms with van der Waals surface area (Å²) in [6, 6.07) is 7.53. The van der Waals surface area contributed by atoms with Gasteiger partial charge >= 0.3 is 0 Å². The molecule has 1 saturated carbocycles. The van der Waals surface area contributed by atoms with Crippen LogP contribution in [-0.4, -0.2) is 22.6 Å². The van der Waals surface area contributed by atoms with Crippen LogP contribution in [0.3, 0.4) is 0 Å². The van der Waals surface area contributed by atoms with Gasteiger partial charge in [-0.05, 0) is 25.0 Å². The van der Waals surface area contributed by atoms with E-state index in [-0.39, 0.29) is 11.3 Å². The van der Waals surface area contributed by atoms with E-state index in [1.54, 1.807) is 7.11 Å². The summed E-state index contributed by atoms with van der Waals surface area (Å²) in [4.78, 5) is 0.771. The molecule has 0 amide bonds. The topological polar surface area (TPSA) is 52.3 Å². The van der Waals surface area contributed by atoms with Gasteiger partial charge in [-0.2, -0.15) is 0 Å². The van der Waals surface area contributed by atoms with Crippen LogP contribution in [0.15, 0.2) is 29.2 Å². The van der Waals surface area contributed by atoms with Crippen molar-refractivity contribution in [2.24, 2.45) is 5.73 Å². The minimum atomic E-state index is -1.05. The Kier molecular flexibility index (Phi) is 3.61. The highest BCUT2D eigenvalue weighted by molar-refractivity contribution is 7.85. The van der Waals surface area contributed by atoms with Crippen molar-refractivity contribution >= 4 is 10.8 Å². The number of benzene rings is 1. The van der Waals surface area contributed by atoms with Gasteiger partial charge in [0.15, 0.2) is 0 Å². The molecule has 3 atom stereocenters. The third-order valence-electron chi connectivity index (χ3n) is 3.06. The first-order chi connectivity index (χ1) is 7.74. The van der Waals surface area contributed by atoms with Crippen LogP contribution in [0.5, 0.6) is 5.75 Å². The van der Waals surface area contributed by atoms with Gasteiger partial charge in [0.05, 0.1) is 28.1 Å². The Bertz CT molecular complexity index is 394. The third kappa shape index (κ3) is 2.13. The van der Waals surface area contributed by atoms with E-state index >= 15 is 0 Å². The highest BCUT2D eigenvalue weighted by atomic mass is 32.2. The maximum atomic E-state index is 12.4. The van der Waals surface area contributed by atoms with Crippen LogP contribution < -0.4 is 10.5 Å². The summed E-state index contributed by atoms with van der Waals surface area (Å²) in [6.07, 6.45) is 3.00. The van der Waals surface area contributed by atoms with Crippen molar-refractivity contribution in [3.8, 4) is 5.75 Å². The van der Waals surface area contributed by atoms with Gasteiger partial charge in [0.2, 0.25) is 0 Å². The van der Waals surface area contributed by atoms with Gasteiger partial charge in [-0.3, -0.25) is 4.21 Å². The Hall–Kier alpha value is -0.870. The van der Waals surface area contributed by atoms with Crippen molar-refractivity contribution in [1.82, 2.24) is 0 Å². The summed E-state index contributed by atoms with van der Waals surface area (Å²) >= 11 is 0. The average molecular weight is 239 g/mol. The first-order valence-corrected chi connectivity index (χ1v) is 6.74. The van der Waals surface area contributed by atoms with Gasteiger partial charge < -0.3 is 10.5 Å². The summed E-state index contributed by atoms with van der Waals surface area (Å²) in [5, 5.41) is 0.0799. The molecule has 0 aromatic heterocycles. The Morgan fingerprint density at radius 3 is 2.75 bits per heavy atom. The van der Waals surface area contributed by atoms with Crippen LogP contribution >= 0.6 is 0 Å². The fourth-order valence-corrected chi connectivity index (χ4v) is 3.89. The lowest BCUT2D eigenvalue weighted by atomic mass is 10.3. The van der Waals surface area contributed by atoms with E-state index in [0.29, 0.717) is 5.75 Å². The second-order valence-corrected chi connectivity index (χ2v) is 5.72. The Labute approximate surface area is 98.4 Å². The predicted octanol–water partition coefficient (Wildman–Crippen LogP) is 1.68. The number of ether oxygens (including phenoxy) is 1. The molecule has 1 aromatic rings. The molecule has 3 nitrogen and oxygen atoms in total. The van der Waals surface area contributed by atoms with Crippen LogP contribution in [0.4, 0.5) is 0 Å². The van der Waals surface area contributed by atoms with Crippen molar-refractivity contribution in [1.29, 1.82) is 0 Å². The van der Waals surface area contributed by atoms with Gasteiger partial charge in [0.1, 0.15) is 5.75 Å². The molecule has 1 aliphatic carbocycles. The fourth-order valence-electron chi connectivity index (χ4n) is 2.17. The summed E-state index contributed by atoms with van der Waals surface area (Å²) in [5.41, 5.74) is 5.97. The summed E-state index contributed by atoms with van der Waals surface area (Å²) in [7, 11) is 0.552. The quantitative estimate of drug-likeness (QED) is 0.873. The van der Waals surface area contributed by atoms with Gasteiger partial charge in [0, 0.05) is 6.04 Å². The number of methoxy groups -OCH3 is 1. The van der Waals surface area contributed by atoms with Crippen LogP contribution in [0.1, 0.15) is 19.3 Å². The zero-order valence-electron chi connectivity index (χ0n) is 9.39. The molecule has 1 aliphatic rings. The maximum Gasteiger partial charge on any atom is 0.134 e. The molecule has 1 fully saturated rings. The molecule has 0 heterocycles. The third-order valence-corrected chi connectivity index (χ3v) is 4.97. The van der Waals surface area contributed by atoms with Gasteiger partial charge in [-0.25, -0.2) is 0 Å². The molecule has 4 heteroatoms. The first kappa shape index (κ1) is 11.6. The molecular formula is C12H17NO2S. The summed E-state index contributed by atoms with van der Waals surface area (Å²) in [5.74, 6) is 0.694. The molecule has 2 N–H and O–H groups in total. The molecule has 0 saturated heterocycles. The maximum absolute atomic E-state index is 12.4. The van der Waals surface area contributed by atoms with E-state index in [0.717, 1.165) is 24.2 Å². The van der Waals surface area contributed by atoms with Gasteiger partial charge in [0.25, 0.3) is 0 Å². The first-order valence-electron chi connectivity index (χ1n) is 5.53. The van der Waals surface area contributed by atoms with Crippen molar-refractivity contribution in [3.63, 3.8) is 0 Å². The van der Waals surface area contributed by atoms with E-state index in [2.05, 4.69) is 0 Å². The van der Waals surface area contributed by atoms with Gasteiger partial charge in [-0.1, -0.05) is 18.6 Å². The normalized spacial score (nSPS) is 26.6. The van der Waals surface area contributed by atoms with Gasteiger partial charge in [-0.15, -0.1) is 0 Å². The van der Waals surface area contributed by atoms with E-state index in [4.69, 9.17) is 10.5 Å². The average Bonchev–Trinajstić information content (AvgIpc) is 2.74. The lowest BCUT2D eigenvalue weighted by molar-refractivity contribution is 0.404. The monoisotopic (exact) mass is 239 g/mol. The molecule has 88 valence electrons. The largest absolute Gasteiger partial charge is 0.495 e. The van der Waals surface area contributed by atoms with E-state index in [1.807, 2.05) is 24.3 Å². The van der Waals surface area contributed by atoms with Crippen molar-refractivity contribution in [2.75, 3.05) is 7.11 Å². The Balaban J connectivity index is 2.26. The highest BCUT2D eigenvalue weighted by Gasteiger charge is 2.31. The lowest BCUT2D eigenvalue weighted by Crippen LogP contribution is -2.32. The molecular weight excluding hydrogens is 222 g/mol. The van der Waals surface area contributed by atoms with E-state index < -0.39 is 10.8 Å². The number of hydrogen-bond acceptors (Lipinski definition) is 3. The van der Waals surface area contributed by atoms with E-state index in [1.165, 1.54) is 0 Å². The second kappa shape index (κ2) is 4.97. The van der Waals surface area contributed by atoms with E-state index in [9.17, 15) is 4.21 Å². The molecule has 2 rings (SSSR count). The molecule has 3 unspecified atom stereocenters. The van der Waals surface area contributed by atoms with Crippen LogP contribution in [0.2, 0.25) is 0 Å². The second-order valence-electron chi connectivity index (χ2n) is 4.08. The molecule has 0 spiro atoms. The minimum absolute atomic E-state index is 0.0609. The van der Waals surface area contributed by atoms with Crippen LogP contribution in [0, 0.1) is 0 Å². The minimum Gasteiger partial charge on any atom is -0.495 e. The van der Waals surface area contributed by atoms with Crippen molar-refractivity contribution in [3.05, 3.63) is 24.3 Å². The Morgan fingerprint density at radius 1 is 1.38 bits per heavy atom. The number of nitrogens with two attached hydrogens (primary N) is 1. The predicted molar refractivity (Wildman–Crippen MR) is 65.0 cm³/mol. The molecule has 0 bridgehead atoms. The van der Waals surface area contributed by atoms with Crippen molar-refractivity contribution < 1.29 is 8.95 Å². The summed E-state index contributed by atoms with van der Waals surface area (Å²) < 4.78 is 17.6. The molecule has 16 heavy (non-hydrogen) atoms. The number of hydrogen-bond donors (Lipinski definition) is 1. The smallest absolute Gasteiger partial charge is 0.134 e. The molecule has 1 aromatic carbocycles.